The molecule has 0 spiro atoms. The highest BCUT2D eigenvalue weighted by atomic mass is 35.7. The van der Waals surface area contributed by atoms with E-state index in [1.54, 1.807) is 0 Å². The first-order valence-electron chi connectivity index (χ1n) is 5.44. The van der Waals surface area contributed by atoms with Crippen LogP contribution in [0.2, 0.25) is 10.0 Å². The Kier molecular flexibility index (Phi) is 4.32. The molecule has 0 heterocycles. The fourth-order valence-corrected chi connectivity index (χ4v) is 3.19. The van der Waals surface area contributed by atoms with Crippen LogP contribution in [0.25, 0.3) is 0 Å². The maximum atomic E-state index is 11.2. The Balaban J connectivity index is 2.20. The largest absolute Gasteiger partial charge is 0.490 e. The standard InChI is InChI=1S/C11H11Cl3O3S/c12-9-4-8(18(14,15)16)5-10(13)11(9)17-6-7-2-1-3-7/h4-5,7H,1-3,6H2. The van der Waals surface area contributed by atoms with Gasteiger partial charge in [-0.05, 0) is 30.9 Å². The fourth-order valence-electron chi connectivity index (χ4n) is 1.68. The number of halogens is 3. The van der Waals surface area contributed by atoms with Crippen molar-refractivity contribution in [2.75, 3.05) is 6.61 Å². The summed E-state index contributed by atoms with van der Waals surface area (Å²) >= 11 is 11.9. The molecule has 0 bridgehead atoms. The van der Waals surface area contributed by atoms with Crippen LogP contribution in [0.1, 0.15) is 19.3 Å². The van der Waals surface area contributed by atoms with Gasteiger partial charge in [0.05, 0.1) is 21.5 Å². The van der Waals surface area contributed by atoms with Crippen LogP contribution in [0.3, 0.4) is 0 Å². The molecule has 18 heavy (non-hydrogen) atoms. The number of hydrogen-bond acceptors (Lipinski definition) is 3. The van der Waals surface area contributed by atoms with Gasteiger partial charge in [0.1, 0.15) is 0 Å². The maximum absolute atomic E-state index is 11.2. The van der Waals surface area contributed by atoms with Crippen molar-refractivity contribution in [2.45, 2.75) is 24.2 Å². The Morgan fingerprint density at radius 3 is 2.17 bits per heavy atom. The van der Waals surface area contributed by atoms with Gasteiger partial charge in [-0.25, -0.2) is 8.42 Å². The van der Waals surface area contributed by atoms with E-state index in [0.29, 0.717) is 18.3 Å². The van der Waals surface area contributed by atoms with E-state index in [1.165, 1.54) is 18.6 Å². The second kappa shape index (κ2) is 5.45. The van der Waals surface area contributed by atoms with Gasteiger partial charge in [0.2, 0.25) is 0 Å². The Hall–Kier alpha value is -0.160. The van der Waals surface area contributed by atoms with E-state index in [2.05, 4.69) is 0 Å². The lowest BCUT2D eigenvalue weighted by Crippen LogP contribution is -2.19. The average molecular weight is 330 g/mol. The van der Waals surface area contributed by atoms with E-state index >= 15 is 0 Å². The van der Waals surface area contributed by atoms with E-state index in [1.807, 2.05) is 0 Å². The molecule has 0 saturated heterocycles. The number of rotatable bonds is 4. The van der Waals surface area contributed by atoms with Gasteiger partial charge >= 0.3 is 0 Å². The monoisotopic (exact) mass is 328 g/mol. The Bertz CT molecular complexity index is 530. The highest BCUT2D eigenvalue weighted by molar-refractivity contribution is 8.13. The van der Waals surface area contributed by atoms with Crippen molar-refractivity contribution in [2.24, 2.45) is 5.92 Å². The average Bonchev–Trinajstić information content (AvgIpc) is 2.17. The predicted octanol–water partition coefficient (Wildman–Crippen LogP) is 4.10. The van der Waals surface area contributed by atoms with Gasteiger partial charge in [0.15, 0.2) is 5.75 Å². The number of benzene rings is 1. The van der Waals surface area contributed by atoms with Crippen molar-refractivity contribution >= 4 is 42.9 Å². The molecular formula is C11H11Cl3O3S. The first kappa shape index (κ1) is 14.3. The first-order valence-corrected chi connectivity index (χ1v) is 8.51. The summed E-state index contributed by atoms with van der Waals surface area (Å²) in [5, 5.41) is 0.307. The lowest BCUT2D eigenvalue weighted by Gasteiger charge is -2.25. The van der Waals surface area contributed by atoms with Gasteiger partial charge in [-0.15, -0.1) is 0 Å². The zero-order chi connectivity index (χ0) is 13.3. The maximum Gasteiger partial charge on any atom is 0.261 e. The molecule has 0 aromatic heterocycles. The summed E-state index contributed by atoms with van der Waals surface area (Å²) in [5.41, 5.74) is 0. The minimum atomic E-state index is -3.84. The van der Waals surface area contributed by atoms with Crippen LogP contribution in [0.4, 0.5) is 0 Å². The van der Waals surface area contributed by atoms with Crippen molar-refractivity contribution < 1.29 is 13.2 Å². The van der Waals surface area contributed by atoms with Crippen LogP contribution < -0.4 is 4.74 Å². The molecule has 0 unspecified atom stereocenters. The van der Waals surface area contributed by atoms with Crippen molar-refractivity contribution in [1.29, 1.82) is 0 Å². The van der Waals surface area contributed by atoms with Crippen LogP contribution >= 0.6 is 33.9 Å². The summed E-state index contributed by atoms with van der Waals surface area (Å²) in [5.74, 6) is 0.850. The molecule has 2 rings (SSSR count). The van der Waals surface area contributed by atoms with Gasteiger partial charge in [-0.3, -0.25) is 0 Å². The van der Waals surface area contributed by atoms with Crippen molar-refractivity contribution in [3.63, 3.8) is 0 Å². The molecular weight excluding hydrogens is 319 g/mol. The minimum absolute atomic E-state index is 0.129. The Morgan fingerprint density at radius 2 is 1.78 bits per heavy atom. The molecule has 1 fully saturated rings. The topological polar surface area (TPSA) is 43.4 Å². The van der Waals surface area contributed by atoms with Crippen molar-refractivity contribution in [1.82, 2.24) is 0 Å². The van der Waals surface area contributed by atoms with Crippen LogP contribution in [0.5, 0.6) is 5.75 Å². The van der Waals surface area contributed by atoms with Crippen LogP contribution in [-0.4, -0.2) is 15.0 Å². The third kappa shape index (κ3) is 3.23. The molecule has 0 radical (unpaired) electrons. The summed E-state index contributed by atoms with van der Waals surface area (Å²) in [6.45, 7) is 0.548. The Morgan fingerprint density at radius 1 is 1.22 bits per heavy atom. The highest BCUT2D eigenvalue weighted by Gasteiger charge is 2.21. The zero-order valence-corrected chi connectivity index (χ0v) is 12.4. The molecule has 0 aliphatic heterocycles. The number of ether oxygens (including phenoxy) is 1. The molecule has 3 nitrogen and oxygen atoms in total. The quantitative estimate of drug-likeness (QED) is 0.781. The first-order chi connectivity index (χ1) is 8.38. The second-order valence-electron chi connectivity index (χ2n) is 4.26. The zero-order valence-electron chi connectivity index (χ0n) is 9.33. The third-order valence-corrected chi connectivity index (χ3v) is 4.84. The van der Waals surface area contributed by atoms with Crippen molar-refractivity contribution in [3.05, 3.63) is 22.2 Å². The molecule has 1 aromatic carbocycles. The molecule has 0 N–H and O–H groups in total. The van der Waals surface area contributed by atoms with E-state index in [9.17, 15) is 8.42 Å². The lowest BCUT2D eigenvalue weighted by molar-refractivity contribution is 0.181. The minimum Gasteiger partial charge on any atom is -0.490 e. The van der Waals surface area contributed by atoms with E-state index in [4.69, 9.17) is 38.6 Å². The number of hydrogen-bond donors (Lipinski definition) is 0. The molecule has 1 aliphatic rings. The van der Waals surface area contributed by atoms with Gasteiger partial charge in [0.25, 0.3) is 9.05 Å². The Labute approximate surface area is 120 Å². The van der Waals surface area contributed by atoms with Crippen LogP contribution in [-0.2, 0) is 9.05 Å². The normalized spacial score (nSPS) is 16.4. The van der Waals surface area contributed by atoms with Crippen LogP contribution in [0.15, 0.2) is 17.0 Å². The third-order valence-electron chi connectivity index (χ3n) is 2.94. The lowest BCUT2D eigenvalue weighted by atomic mass is 9.86. The molecule has 7 heteroatoms. The summed E-state index contributed by atoms with van der Waals surface area (Å²) < 4.78 is 27.9. The molecule has 1 aliphatic carbocycles. The summed E-state index contributed by atoms with van der Waals surface area (Å²) in [7, 11) is 1.39. The smallest absolute Gasteiger partial charge is 0.261 e. The van der Waals surface area contributed by atoms with E-state index in [0.717, 1.165) is 12.8 Å². The summed E-state index contributed by atoms with van der Waals surface area (Å²) in [6, 6.07) is 2.48. The van der Waals surface area contributed by atoms with E-state index in [-0.39, 0.29) is 14.9 Å². The van der Waals surface area contributed by atoms with Gasteiger partial charge in [0, 0.05) is 10.7 Å². The summed E-state index contributed by atoms with van der Waals surface area (Å²) in [6.07, 6.45) is 3.51. The SMILES string of the molecule is O=S(=O)(Cl)c1cc(Cl)c(OCC2CCC2)c(Cl)c1. The molecule has 1 aromatic rings. The molecule has 100 valence electrons. The highest BCUT2D eigenvalue weighted by Crippen LogP contribution is 2.37. The van der Waals surface area contributed by atoms with Crippen LogP contribution in [0, 0.1) is 5.92 Å². The predicted molar refractivity (Wildman–Crippen MR) is 72.3 cm³/mol. The van der Waals surface area contributed by atoms with Crippen molar-refractivity contribution in [3.8, 4) is 5.75 Å². The summed E-state index contributed by atoms with van der Waals surface area (Å²) in [4.78, 5) is -0.129. The second-order valence-corrected chi connectivity index (χ2v) is 7.64. The van der Waals surface area contributed by atoms with Gasteiger partial charge in [-0.1, -0.05) is 29.6 Å². The molecule has 0 atom stereocenters. The van der Waals surface area contributed by atoms with Gasteiger partial charge in [-0.2, -0.15) is 0 Å². The fraction of sp³-hybridized carbons (Fsp3) is 0.455. The molecule has 0 amide bonds. The van der Waals surface area contributed by atoms with E-state index < -0.39 is 9.05 Å². The van der Waals surface area contributed by atoms with Gasteiger partial charge < -0.3 is 4.74 Å². The molecule has 1 saturated carbocycles.